The first-order valence-corrected chi connectivity index (χ1v) is 10.7. The van der Waals surface area contributed by atoms with Gasteiger partial charge < -0.3 is 19.5 Å². The van der Waals surface area contributed by atoms with Crippen LogP contribution in [0.2, 0.25) is 0 Å². The Balaban J connectivity index is 1.78. The summed E-state index contributed by atoms with van der Waals surface area (Å²) in [5.74, 6) is -0.922. The summed E-state index contributed by atoms with van der Waals surface area (Å²) in [5.41, 5.74) is 2.40. The van der Waals surface area contributed by atoms with Gasteiger partial charge in [0, 0.05) is 31.9 Å². The average molecular weight is 441 g/mol. The molecule has 1 aromatic carbocycles. The SMILES string of the molecule is COc1cccc([C@@H]2/C(=C(\O)c3c(C)n[nH]c3C)C(=O)C(=O)N2CCN2CCOCC2)c1. The number of likely N-dealkylation sites (tertiary alicyclic amines) is 1. The number of hydrogen-bond acceptors (Lipinski definition) is 7. The number of nitrogens with one attached hydrogen (secondary N) is 1. The molecule has 170 valence electrons. The van der Waals surface area contributed by atoms with Crippen LogP contribution in [0.25, 0.3) is 5.76 Å². The number of aliphatic hydroxyl groups excluding tert-OH is 1. The standard InChI is InChI=1S/C23H28N4O5/c1-14-18(15(2)25-24-14)21(28)19-20(16-5-4-6-17(13-16)31-3)27(23(30)22(19)29)8-7-26-9-11-32-12-10-26/h4-6,13,20,28H,7-12H2,1-3H3,(H,24,25)/b21-19+/t20-/m1/s1. The monoisotopic (exact) mass is 440 g/mol. The van der Waals surface area contributed by atoms with Gasteiger partial charge in [0.1, 0.15) is 11.5 Å². The van der Waals surface area contributed by atoms with Gasteiger partial charge in [0.2, 0.25) is 0 Å². The Bertz CT molecular complexity index is 1030. The van der Waals surface area contributed by atoms with E-state index in [9.17, 15) is 14.7 Å². The van der Waals surface area contributed by atoms with Crippen LogP contribution in [0.15, 0.2) is 29.8 Å². The molecule has 0 unspecified atom stereocenters. The van der Waals surface area contributed by atoms with Gasteiger partial charge in [-0.1, -0.05) is 12.1 Å². The second-order valence-electron chi connectivity index (χ2n) is 8.03. The van der Waals surface area contributed by atoms with Crippen molar-refractivity contribution in [1.29, 1.82) is 0 Å². The van der Waals surface area contributed by atoms with Crippen LogP contribution in [0.5, 0.6) is 5.75 Å². The minimum Gasteiger partial charge on any atom is -0.507 e. The molecule has 1 amide bonds. The lowest BCUT2D eigenvalue weighted by atomic mass is 9.94. The Labute approximate surface area is 186 Å². The van der Waals surface area contributed by atoms with E-state index < -0.39 is 17.7 Å². The number of hydrogen-bond donors (Lipinski definition) is 2. The maximum Gasteiger partial charge on any atom is 0.295 e. The van der Waals surface area contributed by atoms with Crippen LogP contribution >= 0.6 is 0 Å². The first-order valence-electron chi connectivity index (χ1n) is 10.7. The van der Waals surface area contributed by atoms with E-state index in [0.29, 0.717) is 54.6 Å². The van der Waals surface area contributed by atoms with Gasteiger partial charge in [-0.15, -0.1) is 0 Å². The fraction of sp³-hybridized carbons (Fsp3) is 0.435. The molecular weight excluding hydrogens is 412 g/mol. The van der Waals surface area contributed by atoms with E-state index >= 15 is 0 Å². The van der Waals surface area contributed by atoms with Crippen molar-refractivity contribution in [2.45, 2.75) is 19.9 Å². The van der Waals surface area contributed by atoms with E-state index in [1.165, 1.54) is 0 Å². The number of benzene rings is 1. The lowest BCUT2D eigenvalue weighted by Crippen LogP contribution is -2.42. The fourth-order valence-corrected chi connectivity index (χ4v) is 4.38. The molecule has 9 nitrogen and oxygen atoms in total. The summed E-state index contributed by atoms with van der Waals surface area (Å²) in [4.78, 5) is 30.0. The maximum absolute atomic E-state index is 13.2. The Morgan fingerprint density at radius 3 is 2.66 bits per heavy atom. The van der Waals surface area contributed by atoms with Gasteiger partial charge in [-0.2, -0.15) is 5.10 Å². The summed E-state index contributed by atoms with van der Waals surface area (Å²) in [6.07, 6.45) is 0. The highest BCUT2D eigenvalue weighted by atomic mass is 16.5. The number of amides is 1. The minimum absolute atomic E-state index is 0.0674. The van der Waals surface area contributed by atoms with Crippen molar-refractivity contribution in [1.82, 2.24) is 20.0 Å². The van der Waals surface area contributed by atoms with Crippen molar-refractivity contribution in [2.75, 3.05) is 46.5 Å². The van der Waals surface area contributed by atoms with Crippen LogP contribution in [0.4, 0.5) is 0 Å². The van der Waals surface area contributed by atoms with Crippen molar-refractivity contribution in [3.05, 3.63) is 52.4 Å². The van der Waals surface area contributed by atoms with Gasteiger partial charge >= 0.3 is 0 Å². The number of nitrogens with zero attached hydrogens (tertiary/aromatic N) is 3. The van der Waals surface area contributed by atoms with Gasteiger partial charge in [-0.3, -0.25) is 19.6 Å². The third-order valence-corrected chi connectivity index (χ3v) is 6.08. The number of carbonyl (C=O) groups excluding carboxylic acids is 2. The zero-order valence-electron chi connectivity index (χ0n) is 18.6. The summed E-state index contributed by atoms with van der Waals surface area (Å²) in [6.45, 7) is 7.33. The Morgan fingerprint density at radius 2 is 2.00 bits per heavy atom. The molecule has 1 atom stereocenters. The van der Waals surface area contributed by atoms with Crippen LogP contribution in [-0.2, 0) is 14.3 Å². The molecule has 32 heavy (non-hydrogen) atoms. The summed E-state index contributed by atoms with van der Waals surface area (Å²) in [7, 11) is 1.56. The Hall–Kier alpha value is -3.17. The molecule has 2 aromatic rings. The third-order valence-electron chi connectivity index (χ3n) is 6.08. The van der Waals surface area contributed by atoms with Crippen molar-refractivity contribution in [3.8, 4) is 5.75 Å². The van der Waals surface area contributed by atoms with E-state index in [1.54, 1.807) is 38.0 Å². The minimum atomic E-state index is -0.722. The van der Waals surface area contributed by atoms with Crippen LogP contribution in [0, 0.1) is 13.8 Å². The molecule has 0 bridgehead atoms. The number of aromatic nitrogens is 2. The number of Topliss-reactive ketones (excluding diaryl/α,β-unsaturated/α-hetero) is 1. The largest absolute Gasteiger partial charge is 0.507 e. The summed E-state index contributed by atoms with van der Waals surface area (Å²) in [6, 6.07) is 6.52. The number of aromatic amines is 1. The van der Waals surface area contributed by atoms with Crippen LogP contribution in [0.3, 0.4) is 0 Å². The summed E-state index contributed by atoms with van der Waals surface area (Å²) in [5, 5.41) is 18.2. The Kier molecular flexibility index (Phi) is 6.29. The zero-order valence-corrected chi connectivity index (χ0v) is 18.6. The smallest absolute Gasteiger partial charge is 0.295 e. The van der Waals surface area contributed by atoms with Crippen molar-refractivity contribution < 1.29 is 24.2 Å². The molecule has 2 N–H and O–H groups in total. The number of methoxy groups -OCH3 is 1. The average Bonchev–Trinajstić information content (AvgIpc) is 3.28. The predicted molar refractivity (Wildman–Crippen MR) is 117 cm³/mol. The number of morpholine rings is 1. The second kappa shape index (κ2) is 9.13. The van der Waals surface area contributed by atoms with Crippen molar-refractivity contribution in [2.24, 2.45) is 0 Å². The molecule has 2 fully saturated rings. The first-order chi connectivity index (χ1) is 15.4. The topological polar surface area (TPSA) is 108 Å². The fourth-order valence-electron chi connectivity index (χ4n) is 4.38. The lowest BCUT2D eigenvalue weighted by molar-refractivity contribution is -0.140. The molecule has 2 aliphatic heterocycles. The molecule has 4 rings (SSSR count). The van der Waals surface area contributed by atoms with E-state index in [1.807, 2.05) is 12.1 Å². The number of carbonyl (C=O) groups is 2. The molecule has 2 saturated heterocycles. The van der Waals surface area contributed by atoms with E-state index in [2.05, 4.69) is 15.1 Å². The highest BCUT2D eigenvalue weighted by Crippen LogP contribution is 2.40. The predicted octanol–water partition coefficient (Wildman–Crippen LogP) is 1.79. The molecule has 0 saturated carbocycles. The molecule has 0 aliphatic carbocycles. The highest BCUT2D eigenvalue weighted by Gasteiger charge is 2.46. The molecule has 1 aromatic heterocycles. The molecule has 0 radical (unpaired) electrons. The second-order valence-corrected chi connectivity index (χ2v) is 8.03. The van der Waals surface area contributed by atoms with Gasteiger partial charge in [-0.05, 0) is 31.5 Å². The normalized spacial score (nSPS) is 21.3. The number of rotatable bonds is 6. The molecule has 0 spiro atoms. The maximum atomic E-state index is 13.2. The first kappa shape index (κ1) is 22.0. The van der Waals surface area contributed by atoms with Gasteiger partial charge in [0.05, 0.1) is 43.2 Å². The molecular formula is C23H28N4O5. The highest BCUT2D eigenvalue weighted by molar-refractivity contribution is 6.46. The van der Waals surface area contributed by atoms with E-state index in [0.717, 1.165) is 13.1 Å². The van der Waals surface area contributed by atoms with Crippen LogP contribution in [-0.4, -0.2) is 83.3 Å². The van der Waals surface area contributed by atoms with E-state index in [-0.39, 0.29) is 11.3 Å². The lowest BCUT2D eigenvalue weighted by Gasteiger charge is -2.31. The summed E-state index contributed by atoms with van der Waals surface area (Å²) < 4.78 is 10.8. The Morgan fingerprint density at radius 1 is 1.25 bits per heavy atom. The van der Waals surface area contributed by atoms with Crippen molar-refractivity contribution in [3.63, 3.8) is 0 Å². The molecule has 2 aliphatic rings. The number of H-pyrrole nitrogens is 1. The van der Waals surface area contributed by atoms with Crippen LogP contribution < -0.4 is 4.74 Å². The quantitative estimate of drug-likeness (QED) is 0.401. The van der Waals surface area contributed by atoms with Crippen LogP contribution in [0.1, 0.15) is 28.6 Å². The van der Waals surface area contributed by atoms with Crippen molar-refractivity contribution >= 4 is 17.4 Å². The third kappa shape index (κ3) is 4.01. The molecule has 3 heterocycles. The zero-order chi connectivity index (χ0) is 22.8. The van der Waals surface area contributed by atoms with Gasteiger partial charge in [-0.25, -0.2) is 0 Å². The molecule has 9 heteroatoms. The number of ether oxygens (including phenoxy) is 2. The number of aryl methyl sites for hydroxylation is 2. The van der Waals surface area contributed by atoms with E-state index in [4.69, 9.17) is 9.47 Å². The van der Waals surface area contributed by atoms with Gasteiger partial charge in [0.25, 0.3) is 11.7 Å². The number of aliphatic hydroxyl groups is 1. The summed E-state index contributed by atoms with van der Waals surface area (Å²) >= 11 is 0. The number of ketones is 1. The van der Waals surface area contributed by atoms with Gasteiger partial charge in [0.15, 0.2) is 0 Å².